The third-order valence-electron chi connectivity index (χ3n) is 3.27. The average Bonchev–Trinajstić information content (AvgIpc) is 2.53. The maximum atomic E-state index is 12.6. The van der Waals surface area contributed by atoms with Crippen LogP contribution in [0.5, 0.6) is 5.75 Å². The first-order valence-electron chi connectivity index (χ1n) is 6.42. The molecule has 21 heavy (non-hydrogen) atoms. The zero-order chi connectivity index (χ0) is 14.8. The van der Waals surface area contributed by atoms with Gasteiger partial charge in [0.15, 0.2) is 5.69 Å². The molecule has 0 radical (unpaired) electrons. The van der Waals surface area contributed by atoms with Crippen LogP contribution in [0.15, 0.2) is 59.2 Å². The SMILES string of the molecule is COc1cccnc1C(=O)c1ccc2cc(Br)ccc2c1. The Morgan fingerprint density at radius 1 is 1.10 bits per heavy atom. The van der Waals surface area contributed by atoms with Gasteiger partial charge >= 0.3 is 0 Å². The van der Waals surface area contributed by atoms with Crippen molar-refractivity contribution in [3.05, 3.63) is 70.5 Å². The smallest absolute Gasteiger partial charge is 0.215 e. The van der Waals surface area contributed by atoms with Crippen LogP contribution in [-0.4, -0.2) is 17.9 Å². The molecule has 1 aromatic heterocycles. The molecule has 4 heteroatoms. The highest BCUT2D eigenvalue weighted by molar-refractivity contribution is 9.10. The number of fused-ring (bicyclic) bond motifs is 1. The fourth-order valence-electron chi connectivity index (χ4n) is 2.22. The number of carbonyl (C=O) groups is 1. The van der Waals surface area contributed by atoms with Crippen molar-refractivity contribution in [2.24, 2.45) is 0 Å². The summed E-state index contributed by atoms with van der Waals surface area (Å²) in [5.41, 5.74) is 0.929. The molecule has 0 saturated heterocycles. The lowest BCUT2D eigenvalue weighted by atomic mass is 10.0. The highest BCUT2D eigenvalue weighted by atomic mass is 79.9. The molecule has 0 aliphatic rings. The van der Waals surface area contributed by atoms with Gasteiger partial charge in [-0.3, -0.25) is 4.79 Å². The molecule has 0 aliphatic carbocycles. The Balaban J connectivity index is 2.07. The maximum absolute atomic E-state index is 12.6. The molecule has 0 saturated carbocycles. The lowest BCUT2D eigenvalue weighted by Crippen LogP contribution is -2.06. The van der Waals surface area contributed by atoms with Crippen LogP contribution in [0.4, 0.5) is 0 Å². The number of benzene rings is 2. The second kappa shape index (κ2) is 5.66. The number of pyridine rings is 1. The zero-order valence-corrected chi connectivity index (χ0v) is 12.9. The molecular formula is C17H12BrNO2. The van der Waals surface area contributed by atoms with Gasteiger partial charge in [0, 0.05) is 16.2 Å². The van der Waals surface area contributed by atoms with E-state index in [-0.39, 0.29) is 5.78 Å². The summed E-state index contributed by atoms with van der Waals surface area (Å²) in [6, 6.07) is 15.0. The minimum atomic E-state index is -0.141. The van der Waals surface area contributed by atoms with Gasteiger partial charge < -0.3 is 4.74 Å². The Morgan fingerprint density at radius 2 is 1.86 bits per heavy atom. The van der Waals surface area contributed by atoms with Crippen molar-refractivity contribution < 1.29 is 9.53 Å². The minimum Gasteiger partial charge on any atom is -0.494 e. The van der Waals surface area contributed by atoms with Crippen molar-refractivity contribution in [1.29, 1.82) is 0 Å². The van der Waals surface area contributed by atoms with Gasteiger partial charge in [-0.05, 0) is 41.1 Å². The van der Waals surface area contributed by atoms with Gasteiger partial charge in [-0.1, -0.05) is 34.1 Å². The Morgan fingerprint density at radius 3 is 2.67 bits per heavy atom. The summed E-state index contributed by atoms with van der Waals surface area (Å²) in [6.45, 7) is 0. The highest BCUT2D eigenvalue weighted by Crippen LogP contribution is 2.24. The number of methoxy groups -OCH3 is 1. The van der Waals surface area contributed by atoms with Crippen LogP contribution < -0.4 is 4.74 Å². The number of ketones is 1. The van der Waals surface area contributed by atoms with Crippen LogP contribution >= 0.6 is 15.9 Å². The van der Waals surface area contributed by atoms with Gasteiger partial charge in [0.1, 0.15) is 5.75 Å². The largest absolute Gasteiger partial charge is 0.494 e. The van der Waals surface area contributed by atoms with Gasteiger partial charge in [0.25, 0.3) is 0 Å². The van der Waals surface area contributed by atoms with Crippen LogP contribution in [0.3, 0.4) is 0 Å². The number of nitrogens with zero attached hydrogens (tertiary/aromatic N) is 1. The first-order valence-corrected chi connectivity index (χ1v) is 7.21. The van der Waals surface area contributed by atoms with Crippen LogP contribution in [-0.2, 0) is 0 Å². The summed E-state index contributed by atoms with van der Waals surface area (Å²) in [4.78, 5) is 16.7. The van der Waals surface area contributed by atoms with Crippen LogP contribution in [0.2, 0.25) is 0 Å². The molecule has 104 valence electrons. The van der Waals surface area contributed by atoms with Crippen molar-refractivity contribution >= 4 is 32.5 Å². The second-order valence-electron chi connectivity index (χ2n) is 4.59. The number of hydrogen-bond donors (Lipinski definition) is 0. The van der Waals surface area contributed by atoms with Gasteiger partial charge in [-0.15, -0.1) is 0 Å². The van der Waals surface area contributed by atoms with E-state index in [2.05, 4.69) is 20.9 Å². The van der Waals surface area contributed by atoms with E-state index in [1.807, 2.05) is 36.4 Å². The molecule has 0 atom stereocenters. The summed E-state index contributed by atoms with van der Waals surface area (Å²) < 4.78 is 6.22. The van der Waals surface area contributed by atoms with E-state index in [1.165, 1.54) is 7.11 Å². The molecule has 0 aliphatic heterocycles. The molecule has 0 N–H and O–H groups in total. The second-order valence-corrected chi connectivity index (χ2v) is 5.51. The van der Waals surface area contributed by atoms with Gasteiger partial charge in [0.2, 0.25) is 5.78 Å². The Kier molecular flexibility index (Phi) is 3.71. The number of rotatable bonds is 3. The molecule has 3 aromatic rings. The number of ether oxygens (including phenoxy) is 1. The predicted octanol–water partition coefficient (Wildman–Crippen LogP) is 4.24. The molecule has 0 unspecified atom stereocenters. The Bertz CT molecular complexity index is 830. The number of hydrogen-bond acceptors (Lipinski definition) is 3. The predicted molar refractivity (Wildman–Crippen MR) is 85.9 cm³/mol. The Hall–Kier alpha value is -2.20. The van der Waals surface area contributed by atoms with Crippen LogP contribution in [0.25, 0.3) is 10.8 Å². The van der Waals surface area contributed by atoms with Crippen molar-refractivity contribution in [2.45, 2.75) is 0 Å². The normalized spacial score (nSPS) is 10.6. The van der Waals surface area contributed by atoms with E-state index in [0.29, 0.717) is 17.0 Å². The number of aromatic nitrogens is 1. The third-order valence-corrected chi connectivity index (χ3v) is 3.76. The van der Waals surface area contributed by atoms with Crippen molar-refractivity contribution in [2.75, 3.05) is 7.11 Å². The van der Waals surface area contributed by atoms with Crippen molar-refractivity contribution in [1.82, 2.24) is 4.98 Å². The van der Waals surface area contributed by atoms with Crippen LogP contribution in [0, 0.1) is 0 Å². The summed E-state index contributed by atoms with van der Waals surface area (Å²) in [7, 11) is 1.53. The monoisotopic (exact) mass is 341 g/mol. The molecule has 1 heterocycles. The molecule has 0 spiro atoms. The van der Waals surface area contributed by atoms with Crippen molar-refractivity contribution in [3.63, 3.8) is 0 Å². The fraction of sp³-hybridized carbons (Fsp3) is 0.0588. The van der Waals surface area contributed by atoms with E-state index in [1.54, 1.807) is 18.3 Å². The topological polar surface area (TPSA) is 39.2 Å². The quantitative estimate of drug-likeness (QED) is 0.669. The molecular weight excluding hydrogens is 330 g/mol. The van der Waals surface area contributed by atoms with E-state index in [9.17, 15) is 4.79 Å². The third kappa shape index (κ3) is 2.67. The molecule has 3 rings (SSSR count). The van der Waals surface area contributed by atoms with Gasteiger partial charge in [-0.25, -0.2) is 4.98 Å². The lowest BCUT2D eigenvalue weighted by Gasteiger charge is -2.07. The highest BCUT2D eigenvalue weighted by Gasteiger charge is 2.15. The van der Waals surface area contributed by atoms with Gasteiger partial charge in [0.05, 0.1) is 7.11 Å². The first kappa shape index (κ1) is 13.8. The van der Waals surface area contributed by atoms with E-state index in [0.717, 1.165) is 15.2 Å². The number of carbonyl (C=O) groups excluding carboxylic acids is 1. The summed E-state index contributed by atoms with van der Waals surface area (Å²) in [5.74, 6) is 0.343. The first-order chi connectivity index (χ1) is 10.2. The summed E-state index contributed by atoms with van der Waals surface area (Å²) >= 11 is 3.44. The molecule has 0 fully saturated rings. The summed E-state index contributed by atoms with van der Waals surface area (Å²) in [6.07, 6.45) is 1.59. The lowest BCUT2D eigenvalue weighted by molar-refractivity contribution is 0.103. The fourth-order valence-corrected chi connectivity index (χ4v) is 2.60. The van der Waals surface area contributed by atoms with Gasteiger partial charge in [-0.2, -0.15) is 0 Å². The van der Waals surface area contributed by atoms with Crippen molar-refractivity contribution in [3.8, 4) is 5.75 Å². The molecule has 2 aromatic carbocycles. The molecule has 3 nitrogen and oxygen atoms in total. The average molecular weight is 342 g/mol. The minimum absolute atomic E-state index is 0.141. The van der Waals surface area contributed by atoms with E-state index >= 15 is 0 Å². The standard InChI is InChI=1S/C17H12BrNO2/c1-21-15-3-2-8-19-16(15)17(20)13-5-4-12-10-14(18)7-6-11(12)9-13/h2-10H,1H3. The summed E-state index contributed by atoms with van der Waals surface area (Å²) in [5, 5.41) is 2.09. The molecule has 0 bridgehead atoms. The van der Waals surface area contributed by atoms with Crippen LogP contribution in [0.1, 0.15) is 16.1 Å². The Labute approximate surface area is 130 Å². The maximum Gasteiger partial charge on any atom is 0.215 e. The van der Waals surface area contributed by atoms with E-state index in [4.69, 9.17) is 4.74 Å². The zero-order valence-electron chi connectivity index (χ0n) is 11.3. The number of halogens is 1. The van der Waals surface area contributed by atoms with E-state index < -0.39 is 0 Å². The molecule has 0 amide bonds.